The number of aromatic nitrogens is 5. The fraction of sp³-hybridized carbons (Fsp3) is 0.522. The van der Waals surface area contributed by atoms with Crippen molar-refractivity contribution >= 4 is 35.1 Å². The standard InChI is InChI=1S/C23H27FN8O2S/c24-35-32-8-6-17-21(27-15-28-23(17)32)18-14-31(19(5-7-25)16-3-1-2-4-16)29-22(18)26-13-20(33)30-9-11-34-12-10-30/h6,8,14-16,19H,1-5,9-13H2,(H,26,29). The van der Waals surface area contributed by atoms with Gasteiger partial charge in [0.05, 0.1) is 49.5 Å². The van der Waals surface area contributed by atoms with Crippen molar-refractivity contribution < 1.29 is 13.4 Å². The van der Waals surface area contributed by atoms with Crippen molar-refractivity contribution in [2.75, 3.05) is 38.2 Å². The minimum Gasteiger partial charge on any atom is -0.378 e. The molecule has 3 aromatic heterocycles. The van der Waals surface area contributed by atoms with Gasteiger partial charge in [0.1, 0.15) is 6.33 Å². The highest BCUT2D eigenvalue weighted by atomic mass is 32.2. The van der Waals surface area contributed by atoms with Crippen LogP contribution in [0, 0.1) is 17.2 Å². The Hall–Kier alpha value is -3.17. The van der Waals surface area contributed by atoms with Gasteiger partial charge in [-0.25, -0.2) is 13.9 Å². The largest absolute Gasteiger partial charge is 0.378 e. The van der Waals surface area contributed by atoms with Crippen LogP contribution < -0.4 is 5.32 Å². The summed E-state index contributed by atoms with van der Waals surface area (Å²) < 4.78 is 21.9. The van der Waals surface area contributed by atoms with E-state index in [0.717, 1.165) is 25.7 Å². The van der Waals surface area contributed by atoms with Crippen LogP contribution in [0.25, 0.3) is 22.3 Å². The number of nitriles is 1. The molecule has 0 radical (unpaired) electrons. The fourth-order valence-electron chi connectivity index (χ4n) is 5.06. The summed E-state index contributed by atoms with van der Waals surface area (Å²) in [4.78, 5) is 23.3. The molecule has 0 spiro atoms. The lowest BCUT2D eigenvalue weighted by Crippen LogP contribution is -2.43. The van der Waals surface area contributed by atoms with E-state index in [-0.39, 0.29) is 30.8 Å². The van der Waals surface area contributed by atoms with Crippen LogP contribution in [0.1, 0.15) is 38.1 Å². The molecule has 1 amide bonds. The van der Waals surface area contributed by atoms with E-state index in [1.54, 1.807) is 17.2 Å². The number of carbonyl (C=O) groups excluding carboxylic acids is 1. The normalized spacial score (nSPS) is 17.5. The minimum atomic E-state index is -0.0601. The number of morpholine rings is 1. The predicted octanol–water partition coefficient (Wildman–Crippen LogP) is 3.59. The van der Waals surface area contributed by atoms with E-state index in [2.05, 4.69) is 21.4 Å². The summed E-state index contributed by atoms with van der Waals surface area (Å²) in [5.41, 5.74) is 1.74. The molecule has 5 rings (SSSR count). The van der Waals surface area contributed by atoms with Crippen molar-refractivity contribution in [2.45, 2.75) is 38.1 Å². The summed E-state index contributed by atoms with van der Waals surface area (Å²) in [7, 11) is 0. The van der Waals surface area contributed by atoms with Crippen LogP contribution in [-0.4, -0.2) is 67.4 Å². The molecule has 2 aliphatic rings. The summed E-state index contributed by atoms with van der Waals surface area (Å²) in [6.45, 7) is 2.27. The number of fused-ring (bicyclic) bond motifs is 1. The zero-order valence-corrected chi connectivity index (χ0v) is 20.1. The van der Waals surface area contributed by atoms with Gasteiger partial charge in [0.2, 0.25) is 5.91 Å². The van der Waals surface area contributed by atoms with Gasteiger partial charge in [0, 0.05) is 30.9 Å². The first-order valence-electron chi connectivity index (χ1n) is 11.9. The summed E-state index contributed by atoms with van der Waals surface area (Å²) in [5, 5.41) is 18.2. The lowest BCUT2D eigenvalue weighted by molar-refractivity contribution is -0.133. The summed E-state index contributed by atoms with van der Waals surface area (Å²) >= 11 is 0.0700. The molecule has 0 bridgehead atoms. The molecule has 1 aliphatic heterocycles. The highest BCUT2D eigenvalue weighted by Crippen LogP contribution is 2.39. The molecule has 1 atom stereocenters. The molecule has 3 aromatic rings. The quantitative estimate of drug-likeness (QED) is 0.501. The maximum Gasteiger partial charge on any atom is 0.242 e. The molecule has 1 saturated carbocycles. The smallest absolute Gasteiger partial charge is 0.242 e. The van der Waals surface area contributed by atoms with Gasteiger partial charge in [-0.1, -0.05) is 12.8 Å². The lowest BCUT2D eigenvalue weighted by Gasteiger charge is -2.27. The number of halogens is 1. The second-order valence-corrected chi connectivity index (χ2v) is 9.39. The molecule has 1 N–H and O–H groups in total. The second kappa shape index (κ2) is 10.6. The molecule has 184 valence electrons. The van der Waals surface area contributed by atoms with Crippen molar-refractivity contribution in [2.24, 2.45) is 5.92 Å². The maximum atomic E-state index is 13.4. The van der Waals surface area contributed by atoms with Crippen molar-refractivity contribution in [1.29, 1.82) is 5.26 Å². The summed E-state index contributed by atoms with van der Waals surface area (Å²) in [6.07, 6.45) is 9.68. The molecule has 2 fully saturated rings. The molecule has 0 aromatic carbocycles. The zero-order chi connectivity index (χ0) is 24.2. The Bertz CT molecular complexity index is 1230. The lowest BCUT2D eigenvalue weighted by atomic mass is 9.96. The molecule has 1 saturated heterocycles. The van der Waals surface area contributed by atoms with Gasteiger partial charge in [-0.2, -0.15) is 10.4 Å². The SMILES string of the molecule is N#CCC(C1CCCC1)n1cc(-c2ncnc3c2ccn3SF)c(NCC(=O)N2CCOCC2)n1. The van der Waals surface area contributed by atoms with E-state index < -0.39 is 0 Å². The summed E-state index contributed by atoms with van der Waals surface area (Å²) in [6, 6.07) is 4.02. The Morgan fingerprint density at radius 2 is 2.11 bits per heavy atom. The van der Waals surface area contributed by atoms with Gasteiger partial charge in [-0.05, 0) is 24.8 Å². The third-order valence-electron chi connectivity index (χ3n) is 6.86. The molecule has 4 heterocycles. The summed E-state index contributed by atoms with van der Waals surface area (Å²) in [5.74, 6) is 0.846. The van der Waals surface area contributed by atoms with Crippen LogP contribution in [0.2, 0.25) is 0 Å². The first-order valence-corrected chi connectivity index (χ1v) is 12.5. The fourth-order valence-corrected chi connectivity index (χ4v) is 5.38. The number of anilines is 1. The molecular formula is C23H27FN8O2S. The number of amides is 1. The van der Waals surface area contributed by atoms with E-state index in [1.807, 2.05) is 10.9 Å². The molecule has 10 nitrogen and oxygen atoms in total. The second-order valence-electron chi connectivity index (χ2n) is 8.86. The van der Waals surface area contributed by atoms with Crippen LogP contribution in [-0.2, 0) is 9.53 Å². The number of rotatable bonds is 8. The van der Waals surface area contributed by atoms with Gasteiger partial charge in [0.25, 0.3) is 0 Å². The van der Waals surface area contributed by atoms with Crippen LogP contribution in [0.3, 0.4) is 0 Å². The van der Waals surface area contributed by atoms with Crippen molar-refractivity contribution in [1.82, 2.24) is 28.6 Å². The van der Waals surface area contributed by atoms with Crippen LogP contribution >= 0.6 is 12.3 Å². The third-order valence-corrected chi connectivity index (χ3v) is 7.31. The van der Waals surface area contributed by atoms with Crippen molar-refractivity contribution in [3.05, 3.63) is 24.8 Å². The molecule has 1 unspecified atom stereocenters. The van der Waals surface area contributed by atoms with Crippen molar-refractivity contribution in [3.63, 3.8) is 0 Å². The van der Waals surface area contributed by atoms with Crippen molar-refractivity contribution in [3.8, 4) is 17.3 Å². The van der Waals surface area contributed by atoms with Gasteiger partial charge < -0.3 is 15.0 Å². The van der Waals surface area contributed by atoms with Gasteiger partial charge in [-0.3, -0.25) is 9.48 Å². The van der Waals surface area contributed by atoms with Crippen LogP contribution in [0.4, 0.5) is 9.70 Å². The minimum absolute atomic E-state index is 0.0361. The van der Waals surface area contributed by atoms with Crippen LogP contribution in [0.15, 0.2) is 24.8 Å². The van der Waals surface area contributed by atoms with E-state index >= 15 is 0 Å². The topological polar surface area (TPSA) is 114 Å². The van der Waals surface area contributed by atoms with E-state index in [1.165, 1.54) is 10.3 Å². The predicted molar refractivity (Wildman–Crippen MR) is 130 cm³/mol. The van der Waals surface area contributed by atoms with Gasteiger partial charge in [-0.15, -0.1) is 3.89 Å². The molecule has 12 heteroatoms. The highest BCUT2D eigenvalue weighted by molar-refractivity contribution is 7.92. The first kappa shape index (κ1) is 23.6. The average molecular weight is 499 g/mol. The molecular weight excluding hydrogens is 471 g/mol. The monoisotopic (exact) mass is 498 g/mol. The van der Waals surface area contributed by atoms with E-state index in [0.29, 0.717) is 66.8 Å². The number of hydrogen-bond donors (Lipinski definition) is 1. The Morgan fingerprint density at radius 1 is 1.31 bits per heavy atom. The van der Waals surface area contributed by atoms with E-state index in [9.17, 15) is 13.9 Å². The van der Waals surface area contributed by atoms with E-state index in [4.69, 9.17) is 9.84 Å². The Morgan fingerprint density at radius 3 is 2.86 bits per heavy atom. The molecule has 1 aliphatic carbocycles. The van der Waals surface area contributed by atoms with Gasteiger partial charge >= 0.3 is 0 Å². The Kier molecular flexibility index (Phi) is 7.15. The average Bonchev–Trinajstić information content (AvgIpc) is 3.66. The van der Waals surface area contributed by atoms with Crippen LogP contribution in [0.5, 0.6) is 0 Å². The zero-order valence-electron chi connectivity index (χ0n) is 19.3. The maximum absolute atomic E-state index is 13.4. The Labute approximate surface area is 206 Å². The van der Waals surface area contributed by atoms with Gasteiger partial charge in [0.15, 0.2) is 23.8 Å². The number of ether oxygens (including phenoxy) is 1. The highest BCUT2D eigenvalue weighted by Gasteiger charge is 2.29. The number of carbonyl (C=O) groups is 1. The molecule has 35 heavy (non-hydrogen) atoms. The third kappa shape index (κ3) is 4.83. The Balaban J connectivity index is 1.51. The number of nitrogens with zero attached hydrogens (tertiary/aromatic N) is 7. The number of nitrogens with one attached hydrogen (secondary N) is 1. The first-order chi connectivity index (χ1) is 17.2. The number of hydrogen-bond acceptors (Lipinski definition) is 8.